The summed E-state index contributed by atoms with van der Waals surface area (Å²) in [5.41, 5.74) is 3.30. The van der Waals surface area contributed by atoms with Crippen molar-refractivity contribution in [2.45, 2.75) is 31.3 Å². The Labute approximate surface area is 227 Å². The Balaban J connectivity index is 1.25. The fraction of sp³-hybridized carbons (Fsp3) is 0.448. The lowest BCUT2D eigenvalue weighted by Gasteiger charge is -2.33. The highest BCUT2D eigenvalue weighted by Gasteiger charge is 2.25. The molecule has 0 radical (unpaired) electrons. The van der Waals surface area contributed by atoms with Crippen LogP contribution >= 0.6 is 11.8 Å². The van der Waals surface area contributed by atoms with Gasteiger partial charge in [0.1, 0.15) is 16.5 Å². The van der Waals surface area contributed by atoms with Crippen LogP contribution in [0, 0.1) is 0 Å². The number of H-pyrrole nitrogens is 1. The molecule has 1 atom stereocenters. The van der Waals surface area contributed by atoms with E-state index in [1.807, 2.05) is 42.1 Å². The Morgan fingerprint density at radius 3 is 2.82 bits per heavy atom. The number of anilines is 1. The van der Waals surface area contributed by atoms with Crippen LogP contribution in [0.1, 0.15) is 25.0 Å². The molecule has 1 aromatic heterocycles. The largest absolute Gasteiger partial charge is 0.457 e. The van der Waals surface area contributed by atoms with E-state index in [-0.39, 0.29) is 11.9 Å². The molecule has 2 fully saturated rings. The molecule has 2 N–H and O–H groups in total. The standard InChI is InChI=1S/C29H35N5O3S/c1-33(22-8-13-36-14-9-22)26-17-24(37-23-5-3-2-4-6-23)15-20-16-25(32-28(20)26)29-31-21(19-38-29)7-11-34-12-10-30-27(35)18-34/h2-6,15-17,21-22,32H,7-14,18-19H2,1H3,(H,30,35)/t21-/m0/s1. The highest BCUT2D eigenvalue weighted by atomic mass is 32.2. The number of fused-ring (bicyclic) bond motifs is 1. The molecule has 9 heteroatoms. The number of nitrogens with one attached hydrogen (secondary N) is 2. The summed E-state index contributed by atoms with van der Waals surface area (Å²) in [5.74, 6) is 2.75. The zero-order chi connectivity index (χ0) is 25.9. The molecule has 0 bridgehead atoms. The van der Waals surface area contributed by atoms with Crippen LogP contribution < -0.4 is 15.0 Å². The van der Waals surface area contributed by atoms with E-state index < -0.39 is 0 Å². The first-order valence-corrected chi connectivity index (χ1v) is 14.5. The van der Waals surface area contributed by atoms with Crippen LogP contribution in [0.3, 0.4) is 0 Å². The molecular weight excluding hydrogens is 498 g/mol. The van der Waals surface area contributed by atoms with E-state index in [4.69, 9.17) is 14.5 Å². The highest BCUT2D eigenvalue weighted by molar-refractivity contribution is 8.14. The minimum absolute atomic E-state index is 0.122. The van der Waals surface area contributed by atoms with Crippen LogP contribution in [0.4, 0.5) is 5.69 Å². The van der Waals surface area contributed by atoms with Crippen LogP contribution in [0.25, 0.3) is 10.9 Å². The number of hydrogen-bond donors (Lipinski definition) is 2. The second-order valence-electron chi connectivity index (χ2n) is 10.3. The van der Waals surface area contributed by atoms with Crippen molar-refractivity contribution in [1.29, 1.82) is 0 Å². The topological polar surface area (TPSA) is 82.2 Å². The Morgan fingerprint density at radius 1 is 1.16 bits per heavy atom. The number of benzene rings is 2. The van der Waals surface area contributed by atoms with Crippen molar-refractivity contribution in [3.05, 3.63) is 54.2 Å². The normalized spacial score (nSPS) is 20.9. The number of carbonyl (C=O) groups is 1. The van der Waals surface area contributed by atoms with Gasteiger partial charge in [-0.1, -0.05) is 18.2 Å². The van der Waals surface area contributed by atoms with Crippen molar-refractivity contribution in [2.24, 2.45) is 4.99 Å². The number of amides is 1. The summed E-state index contributed by atoms with van der Waals surface area (Å²) in [5, 5.41) is 5.08. The number of hydrogen-bond acceptors (Lipinski definition) is 7. The van der Waals surface area contributed by atoms with Gasteiger partial charge < -0.3 is 24.7 Å². The number of aromatic nitrogens is 1. The summed E-state index contributed by atoms with van der Waals surface area (Å²) in [6, 6.07) is 17.1. The fourth-order valence-electron chi connectivity index (χ4n) is 5.47. The van der Waals surface area contributed by atoms with Crippen LogP contribution in [-0.4, -0.2) is 85.1 Å². The number of aromatic amines is 1. The van der Waals surface area contributed by atoms with Gasteiger partial charge in [-0.05, 0) is 43.5 Å². The summed E-state index contributed by atoms with van der Waals surface area (Å²) >= 11 is 1.81. The molecular formula is C29H35N5O3S. The van der Waals surface area contributed by atoms with E-state index in [2.05, 4.69) is 45.3 Å². The average molecular weight is 534 g/mol. The number of piperazine rings is 1. The summed E-state index contributed by atoms with van der Waals surface area (Å²) < 4.78 is 11.9. The van der Waals surface area contributed by atoms with Gasteiger partial charge in [0.25, 0.3) is 0 Å². The molecule has 2 aromatic carbocycles. The number of rotatable bonds is 8. The quantitative estimate of drug-likeness (QED) is 0.450. The van der Waals surface area contributed by atoms with Crippen molar-refractivity contribution in [3.8, 4) is 11.5 Å². The van der Waals surface area contributed by atoms with E-state index in [1.54, 1.807) is 0 Å². The fourth-order valence-corrected chi connectivity index (χ4v) is 6.55. The second-order valence-corrected chi connectivity index (χ2v) is 11.3. The molecule has 0 aliphatic carbocycles. The highest BCUT2D eigenvalue weighted by Crippen LogP contribution is 2.37. The van der Waals surface area contributed by atoms with Crippen LogP contribution in [-0.2, 0) is 9.53 Å². The van der Waals surface area contributed by atoms with E-state index >= 15 is 0 Å². The molecule has 3 aliphatic heterocycles. The third kappa shape index (κ3) is 5.70. The SMILES string of the molecule is CN(c1cc(Oc2ccccc2)cc2cc(C3=N[C@@H](CCN4CCNC(=O)C4)CS3)[nH]c12)C1CCOCC1. The minimum Gasteiger partial charge on any atom is -0.457 e. The predicted molar refractivity (Wildman–Crippen MR) is 154 cm³/mol. The first kappa shape index (κ1) is 25.3. The third-order valence-corrected chi connectivity index (χ3v) is 8.77. The molecule has 3 aromatic rings. The van der Waals surface area contributed by atoms with Gasteiger partial charge in [0.15, 0.2) is 0 Å². The van der Waals surface area contributed by atoms with Crippen molar-refractivity contribution in [1.82, 2.24) is 15.2 Å². The zero-order valence-electron chi connectivity index (χ0n) is 21.8. The Morgan fingerprint density at radius 2 is 2.00 bits per heavy atom. The summed E-state index contributed by atoms with van der Waals surface area (Å²) in [4.78, 5) is 25.1. The molecule has 0 saturated carbocycles. The summed E-state index contributed by atoms with van der Waals surface area (Å²) in [7, 11) is 2.18. The van der Waals surface area contributed by atoms with Crippen molar-refractivity contribution in [3.63, 3.8) is 0 Å². The monoisotopic (exact) mass is 533 g/mol. The first-order valence-electron chi connectivity index (χ1n) is 13.5. The van der Waals surface area contributed by atoms with Crippen LogP contribution in [0.2, 0.25) is 0 Å². The van der Waals surface area contributed by atoms with E-state index in [0.717, 1.165) is 96.7 Å². The second kappa shape index (κ2) is 11.4. The number of aliphatic imine (C=N–C) groups is 1. The van der Waals surface area contributed by atoms with E-state index in [9.17, 15) is 4.79 Å². The number of ether oxygens (including phenoxy) is 2. The van der Waals surface area contributed by atoms with E-state index in [1.165, 1.54) is 0 Å². The Bertz CT molecular complexity index is 1300. The van der Waals surface area contributed by atoms with Crippen molar-refractivity contribution < 1.29 is 14.3 Å². The number of nitrogens with zero attached hydrogens (tertiary/aromatic N) is 3. The number of para-hydroxylation sites is 1. The van der Waals surface area contributed by atoms with Gasteiger partial charge in [0.2, 0.25) is 5.91 Å². The van der Waals surface area contributed by atoms with E-state index in [0.29, 0.717) is 12.6 Å². The van der Waals surface area contributed by atoms with Crippen LogP contribution in [0.15, 0.2) is 53.5 Å². The summed E-state index contributed by atoms with van der Waals surface area (Å²) in [6.45, 7) is 4.65. The molecule has 200 valence electrons. The number of carbonyl (C=O) groups excluding carboxylic acids is 1. The maximum absolute atomic E-state index is 11.7. The van der Waals surface area contributed by atoms with Gasteiger partial charge in [-0.25, -0.2) is 0 Å². The van der Waals surface area contributed by atoms with Gasteiger partial charge >= 0.3 is 0 Å². The Hall–Kier alpha value is -3.01. The minimum atomic E-state index is 0.122. The van der Waals surface area contributed by atoms with Gasteiger partial charge in [-0.3, -0.25) is 14.7 Å². The molecule has 4 heterocycles. The molecule has 0 unspecified atom stereocenters. The molecule has 1 amide bonds. The molecule has 0 spiro atoms. The lowest BCUT2D eigenvalue weighted by atomic mass is 10.1. The van der Waals surface area contributed by atoms with Gasteiger partial charge in [-0.2, -0.15) is 0 Å². The molecule has 2 saturated heterocycles. The number of thioether (sulfide) groups is 1. The maximum Gasteiger partial charge on any atom is 0.234 e. The average Bonchev–Trinajstić information content (AvgIpc) is 3.59. The molecule has 38 heavy (non-hydrogen) atoms. The maximum atomic E-state index is 11.7. The van der Waals surface area contributed by atoms with Crippen molar-refractivity contribution >= 4 is 39.3 Å². The van der Waals surface area contributed by atoms with Crippen LogP contribution in [0.5, 0.6) is 11.5 Å². The lowest BCUT2D eigenvalue weighted by Crippen LogP contribution is -2.48. The summed E-state index contributed by atoms with van der Waals surface area (Å²) in [6.07, 6.45) is 2.99. The smallest absolute Gasteiger partial charge is 0.234 e. The molecule has 3 aliphatic rings. The van der Waals surface area contributed by atoms with Gasteiger partial charge in [0.05, 0.1) is 29.5 Å². The first-order chi connectivity index (χ1) is 18.6. The molecule has 6 rings (SSSR count). The molecule has 8 nitrogen and oxygen atoms in total. The lowest BCUT2D eigenvalue weighted by molar-refractivity contribution is -0.124. The zero-order valence-corrected chi connectivity index (χ0v) is 22.6. The van der Waals surface area contributed by atoms with Gasteiger partial charge in [-0.15, -0.1) is 11.8 Å². The third-order valence-electron chi connectivity index (χ3n) is 7.62. The van der Waals surface area contributed by atoms with Gasteiger partial charge in [0, 0.05) is 63.1 Å². The predicted octanol–water partition coefficient (Wildman–Crippen LogP) is 4.26. The Kier molecular flexibility index (Phi) is 7.58. The van der Waals surface area contributed by atoms with Crippen molar-refractivity contribution in [2.75, 3.05) is 57.1 Å².